The standard InChI is InChI=1S/C15H28O/c1-2-3-10-14-13-15(14)11-8-6-4-5-7-9-12-16/h16H,2-13H2,1H3. The molecular weight excluding hydrogens is 196 g/mol. The maximum absolute atomic E-state index is 8.64. The van der Waals surface area contributed by atoms with Crippen LogP contribution in [0.15, 0.2) is 11.1 Å². The van der Waals surface area contributed by atoms with Gasteiger partial charge < -0.3 is 5.11 Å². The van der Waals surface area contributed by atoms with Crippen LogP contribution < -0.4 is 0 Å². The molecule has 0 heterocycles. The quantitative estimate of drug-likeness (QED) is 0.402. The molecule has 0 amide bonds. The van der Waals surface area contributed by atoms with E-state index in [0.29, 0.717) is 6.61 Å². The SMILES string of the molecule is CCCCC1=C(CCCCCCCCO)C1. The van der Waals surface area contributed by atoms with E-state index in [1.807, 2.05) is 0 Å². The zero-order valence-corrected chi connectivity index (χ0v) is 10.9. The molecule has 1 aliphatic carbocycles. The van der Waals surface area contributed by atoms with Crippen molar-refractivity contribution >= 4 is 0 Å². The van der Waals surface area contributed by atoms with E-state index in [4.69, 9.17) is 5.11 Å². The fourth-order valence-electron chi connectivity index (χ4n) is 2.29. The van der Waals surface area contributed by atoms with Gasteiger partial charge in [0.1, 0.15) is 0 Å². The van der Waals surface area contributed by atoms with Gasteiger partial charge in [-0.15, -0.1) is 0 Å². The summed E-state index contributed by atoms with van der Waals surface area (Å²) in [4.78, 5) is 0. The number of aliphatic hydroxyl groups is 1. The van der Waals surface area contributed by atoms with E-state index in [2.05, 4.69) is 6.92 Å². The smallest absolute Gasteiger partial charge is 0.0431 e. The molecule has 1 rings (SSSR count). The Labute approximate surface area is 101 Å². The first-order valence-corrected chi connectivity index (χ1v) is 7.19. The average molecular weight is 224 g/mol. The second-order valence-corrected chi connectivity index (χ2v) is 5.08. The van der Waals surface area contributed by atoms with Crippen LogP contribution in [0.3, 0.4) is 0 Å². The molecule has 0 unspecified atom stereocenters. The summed E-state index contributed by atoms with van der Waals surface area (Å²) >= 11 is 0. The van der Waals surface area contributed by atoms with Crippen LogP contribution in [-0.2, 0) is 0 Å². The van der Waals surface area contributed by atoms with E-state index in [-0.39, 0.29) is 0 Å². The Morgan fingerprint density at radius 3 is 2.00 bits per heavy atom. The molecule has 94 valence electrons. The van der Waals surface area contributed by atoms with Crippen molar-refractivity contribution in [3.05, 3.63) is 11.1 Å². The minimum Gasteiger partial charge on any atom is -0.396 e. The Bertz CT molecular complexity index is 205. The van der Waals surface area contributed by atoms with Gasteiger partial charge in [0, 0.05) is 6.61 Å². The molecule has 0 bridgehead atoms. The minimum atomic E-state index is 0.369. The Hall–Kier alpha value is -0.300. The molecule has 1 heteroatoms. The second kappa shape index (κ2) is 8.81. The fraction of sp³-hybridized carbons (Fsp3) is 0.867. The summed E-state index contributed by atoms with van der Waals surface area (Å²) in [6.07, 6.45) is 14.5. The van der Waals surface area contributed by atoms with Crippen LogP contribution in [0.4, 0.5) is 0 Å². The van der Waals surface area contributed by atoms with Gasteiger partial charge in [-0.25, -0.2) is 0 Å². The van der Waals surface area contributed by atoms with Crippen LogP contribution in [0.5, 0.6) is 0 Å². The molecule has 1 N–H and O–H groups in total. The third kappa shape index (κ3) is 6.32. The lowest BCUT2D eigenvalue weighted by Crippen LogP contribution is -1.83. The normalized spacial score (nSPS) is 14.6. The van der Waals surface area contributed by atoms with Crippen molar-refractivity contribution in [1.29, 1.82) is 0 Å². The molecule has 0 radical (unpaired) electrons. The summed E-state index contributed by atoms with van der Waals surface area (Å²) < 4.78 is 0. The maximum atomic E-state index is 8.64. The summed E-state index contributed by atoms with van der Waals surface area (Å²) in [5.41, 5.74) is 3.56. The molecule has 1 nitrogen and oxygen atoms in total. The monoisotopic (exact) mass is 224 g/mol. The largest absolute Gasteiger partial charge is 0.396 e. The van der Waals surface area contributed by atoms with Crippen LogP contribution in [0.2, 0.25) is 0 Å². The molecular formula is C15H28O. The second-order valence-electron chi connectivity index (χ2n) is 5.08. The maximum Gasteiger partial charge on any atom is 0.0431 e. The first-order valence-electron chi connectivity index (χ1n) is 7.19. The topological polar surface area (TPSA) is 20.2 Å². The fourth-order valence-corrected chi connectivity index (χ4v) is 2.29. The van der Waals surface area contributed by atoms with Crippen molar-refractivity contribution in [2.45, 2.75) is 77.6 Å². The molecule has 1 aliphatic rings. The first-order chi connectivity index (χ1) is 7.88. The lowest BCUT2D eigenvalue weighted by molar-refractivity contribution is 0.282. The molecule has 0 aromatic heterocycles. The summed E-state index contributed by atoms with van der Waals surface area (Å²) in [6, 6.07) is 0. The highest BCUT2D eigenvalue weighted by Gasteiger charge is 2.18. The minimum absolute atomic E-state index is 0.369. The first kappa shape index (κ1) is 13.8. The predicted molar refractivity (Wildman–Crippen MR) is 70.6 cm³/mol. The summed E-state index contributed by atoms with van der Waals surface area (Å²) in [5, 5.41) is 8.64. The van der Waals surface area contributed by atoms with Crippen LogP contribution in [0.25, 0.3) is 0 Å². The Morgan fingerprint density at radius 2 is 1.38 bits per heavy atom. The van der Waals surface area contributed by atoms with Gasteiger partial charge in [-0.1, -0.05) is 50.2 Å². The molecule has 0 aromatic carbocycles. The molecule has 0 atom stereocenters. The summed E-state index contributed by atoms with van der Waals surface area (Å²) in [7, 11) is 0. The third-order valence-electron chi connectivity index (χ3n) is 3.52. The van der Waals surface area contributed by atoms with Crippen LogP contribution in [0.1, 0.15) is 77.6 Å². The summed E-state index contributed by atoms with van der Waals surface area (Å²) in [5.74, 6) is 0. The van der Waals surface area contributed by atoms with E-state index in [0.717, 1.165) is 6.42 Å². The van der Waals surface area contributed by atoms with E-state index in [1.165, 1.54) is 64.2 Å². The number of hydrogen-bond donors (Lipinski definition) is 1. The van der Waals surface area contributed by atoms with Crippen LogP contribution >= 0.6 is 0 Å². The van der Waals surface area contributed by atoms with E-state index in [9.17, 15) is 0 Å². The van der Waals surface area contributed by atoms with Gasteiger partial charge >= 0.3 is 0 Å². The highest BCUT2D eigenvalue weighted by Crippen LogP contribution is 2.38. The molecule has 0 aromatic rings. The lowest BCUT2D eigenvalue weighted by atomic mass is 10.1. The van der Waals surface area contributed by atoms with E-state index >= 15 is 0 Å². The lowest BCUT2D eigenvalue weighted by Gasteiger charge is -1.98. The summed E-state index contributed by atoms with van der Waals surface area (Å²) in [6.45, 7) is 2.64. The zero-order valence-electron chi connectivity index (χ0n) is 10.9. The molecule has 0 spiro atoms. The molecule has 0 aliphatic heterocycles. The van der Waals surface area contributed by atoms with Crippen molar-refractivity contribution in [1.82, 2.24) is 0 Å². The van der Waals surface area contributed by atoms with Crippen LogP contribution in [-0.4, -0.2) is 11.7 Å². The van der Waals surface area contributed by atoms with Gasteiger partial charge in [0.25, 0.3) is 0 Å². The molecule has 0 saturated heterocycles. The average Bonchev–Trinajstić information content (AvgIpc) is 3.04. The van der Waals surface area contributed by atoms with Gasteiger partial charge in [-0.2, -0.15) is 0 Å². The van der Waals surface area contributed by atoms with Gasteiger partial charge in [0.05, 0.1) is 0 Å². The third-order valence-corrected chi connectivity index (χ3v) is 3.52. The zero-order chi connectivity index (χ0) is 11.6. The van der Waals surface area contributed by atoms with Crippen molar-refractivity contribution in [3.63, 3.8) is 0 Å². The predicted octanol–water partition coefficient (Wildman–Crippen LogP) is 4.60. The van der Waals surface area contributed by atoms with Gasteiger partial charge in [-0.05, 0) is 38.5 Å². The number of allylic oxidation sites excluding steroid dienone is 2. The number of hydrogen-bond acceptors (Lipinski definition) is 1. The Balaban J connectivity index is 1.84. The molecule has 0 saturated carbocycles. The van der Waals surface area contributed by atoms with E-state index < -0.39 is 0 Å². The van der Waals surface area contributed by atoms with Crippen LogP contribution in [0, 0.1) is 0 Å². The van der Waals surface area contributed by atoms with Gasteiger partial charge in [0.15, 0.2) is 0 Å². The van der Waals surface area contributed by atoms with Gasteiger partial charge in [-0.3, -0.25) is 0 Å². The molecule has 0 fully saturated rings. The highest BCUT2D eigenvalue weighted by atomic mass is 16.2. The molecule has 16 heavy (non-hydrogen) atoms. The van der Waals surface area contributed by atoms with Crippen molar-refractivity contribution in [3.8, 4) is 0 Å². The Kier molecular flexibility index (Phi) is 7.58. The number of unbranched alkanes of at least 4 members (excludes halogenated alkanes) is 6. The van der Waals surface area contributed by atoms with Crippen molar-refractivity contribution < 1.29 is 5.11 Å². The van der Waals surface area contributed by atoms with Gasteiger partial charge in [0.2, 0.25) is 0 Å². The highest BCUT2D eigenvalue weighted by molar-refractivity contribution is 5.34. The Morgan fingerprint density at radius 1 is 0.812 bits per heavy atom. The van der Waals surface area contributed by atoms with E-state index in [1.54, 1.807) is 11.1 Å². The van der Waals surface area contributed by atoms with Crippen molar-refractivity contribution in [2.75, 3.05) is 6.61 Å². The number of aliphatic hydroxyl groups excluding tert-OH is 1. The number of rotatable bonds is 11. The van der Waals surface area contributed by atoms with Crippen molar-refractivity contribution in [2.24, 2.45) is 0 Å².